The van der Waals surface area contributed by atoms with Crippen LogP contribution in [0.2, 0.25) is 5.02 Å². The third-order valence-electron chi connectivity index (χ3n) is 9.90. The molecule has 2 heterocycles. The number of fused-ring (bicyclic) bond motifs is 1. The lowest BCUT2D eigenvalue weighted by Crippen LogP contribution is -2.57. The number of hydrogen-bond acceptors (Lipinski definition) is 4. The first-order valence-corrected chi connectivity index (χ1v) is 16.9. The van der Waals surface area contributed by atoms with E-state index in [2.05, 4.69) is 28.1 Å². The Morgan fingerprint density at radius 2 is 1.62 bits per heavy atom. The molecule has 2 aromatic rings. The van der Waals surface area contributed by atoms with Gasteiger partial charge in [-0.25, -0.2) is 0 Å². The minimum Gasteiger partial charge on any atom is -0.351 e. The van der Waals surface area contributed by atoms with Crippen molar-refractivity contribution < 1.29 is 14.4 Å². The minimum atomic E-state index is -0.426. The van der Waals surface area contributed by atoms with Gasteiger partial charge in [0.05, 0.1) is 11.5 Å². The maximum absolute atomic E-state index is 13.8. The molecule has 45 heavy (non-hydrogen) atoms. The molecule has 0 radical (unpaired) electrons. The van der Waals surface area contributed by atoms with Gasteiger partial charge < -0.3 is 20.9 Å². The average Bonchev–Trinajstić information content (AvgIpc) is 3.01. The lowest BCUT2D eigenvalue weighted by atomic mass is 9.63. The van der Waals surface area contributed by atoms with Crippen molar-refractivity contribution in [3.8, 4) is 0 Å². The summed E-state index contributed by atoms with van der Waals surface area (Å²) in [4.78, 5) is 43.0. The summed E-state index contributed by atoms with van der Waals surface area (Å²) in [6, 6.07) is 15.1. The largest absolute Gasteiger partial charge is 0.351 e. The molecule has 2 aromatic carbocycles. The van der Waals surface area contributed by atoms with Gasteiger partial charge in [-0.1, -0.05) is 67.3 Å². The number of likely N-dealkylation sites (tertiary alicyclic amines) is 1. The van der Waals surface area contributed by atoms with E-state index in [4.69, 9.17) is 11.6 Å². The second-order valence-electron chi connectivity index (χ2n) is 14.2. The van der Waals surface area contributed by atoms with Crippen molar-refractivity contribution in [2.75, 3.05) is 13.1 Å². The molecule has 0 unspecified atom stereocenters. The number of carbonyl (C=O) groups excluding carboxylic acids is 3. The summed E-state index contributed by atoms with van der Waals surface area (Å²) in [5, 5.41) is 10.5. The van der Waals surface area contributed by atoms with E-state index in [1.165, 1.54) is 30.4 Å². The van der Waals surface area contributed by atoms with Gasteiger partial charge in [-0.2, -0.15) is 0 Å². The highest BCUT2D eigenvalue weighted by molar-refractivity contribution is 6.30. The highest BCUT2D eigenvalue weighted by Gasteiger charge is 2.48. The SMILES string of the molecule is CC(C)(C)NC(=O)C1(C2CCCCC2)CCN(C(=O)C[C@H](Cc2ccc(Cl)cc2)NC(=O)[C@H]2Cc3ccccc3CN2)CC1.Cl. The van der Waals surface area contributed by atoms with E-state index in [1.54, 1.807) is 0 Å². The fourth-order valence-corrected chi connectivity index (χ4v) is 7.58. The van der Waals surface area contributed by atoms with Crippen molar-refractivity contribution in [1.82, 2.24) is 20.9 Å². The first-order valence-electron chi connectivity index (χ1n) is 16.5. The van der Waals surface area contributed by atoms with Crippen LogP contribution < -0.4 is 16.0 Å². The van der Waals surface area contributed by atoms with E-state index in [9.17, 15) is 14.4 Å². The van der Waals surface area contributed by atoms with Crippen molar-refractivity contribution in [3.05, 3.63) is 70.2 Å². The molecule has 3 aliphatic rings. The number of piperidine rings is 1. The van der Waals surface area contributed by atoms with Crippen molar-refractivity contribution in [3.63, 3.8) is 0 Å². The number of nitrogens with zero attached hydrogens (tertiary/aromatic N) is 1. The minimum absolute atomic E-state index is 0. The van der Waals surface area contributed by atoms with Crippen molar-refractivity contribution in [2.24, 2.45) is 11.3 Å². The molecule has 1 saturated heterocycles. The van der Waals surface area contributed by atoms with Gasteiger partial charge in [-0.05, 0) is 94.0 Å². The summed E-state index contributed by atoms with van der Waals surface area (Å²) in [7, 11) is 0. The zero-order valence-corrected chi connectivity index (χ0v) is 28.6. The normalized spacial score (nSPS) is 20.7. The summed E-state index contributed by atoms with van der Waals surface area (Å²) in [6.07, 6.45) is 8.48. The smallest absolute Gasteiger partial charge is 0.237 e. The molecule has 2 atom stereocenters. The molecule has 0 bridgehead atoms. The maximum atomic E-state index is 13.8. The molecule has 3 N–H and O–H groups in total. The van der Waals surface area contributed by atoms with Gasteiger partial charge in [0.2, 0.25) is 17.7 Å². The fraction of sp³-hybridized carbons (Fsp3) is 0.583. The van der Waals surface area contributed by atoms with Gasteiger partial charge in [0.1, 0.15) is 0 Å². The molecule has 246 valence electrons. The van der Waals surface area contributed by atoms with E-state index in [0.717, 1.165) is 18.4 Å². The maximum Gasteiger partial charge on any atom is 0.237 e. The number of benzene rings is 2. The van der Waals surface area contributed by atoms with E-state index in [-0.39, 0.29) is 54.2 Å². The van der Waals surface area contributed by atoms with Gasteiger partial charge in [-0.15, -0.1) is 12.4 Å². The molecule has 0 aromatic heterocycles. The van der Waals surface area contributed by atoms with Gasteiger partial charge in [0, 0.05) is 42.7 Å². The van der Waals surface area contributed by atoms with Crippen LogP contribution in [-0.4, -0.2) is 53.3 Å². The molecule has 3 amide bonds. The average molecular weight is 658 g/mol. The third-order valence-corrected chi connectivity index (χ3v) is 10.1. The predicted molar refractivity (Wildman–Crippen MR) is 182 cm³/mol. The molecule has 5 rings (SSSR count). The fourth-order valence-electron chi connectivity index (χ4n) is 7.46. The first-order chi connectivity index (χ1) is 21.0. The summed E-state index contributed by atoms with van der Waals surface area (Å²) in [5.74, 6) is 0.458. The van der Waals surface area contributed by atoms with Crippen LogP contribution in [0.15, 0.2) is 48.5 Å². The molecule has 7 nitrogen and oxygen atoms in total. The van der Waals surface area contributed by atoms with Crippen molar-refractivity contribution >= 4 is 41.7 Å². The Balaban J connectivity index is 0.00000461. The Labute approximate surface area is 280 Å². The number of carbonyl (C=O) groups is 3. The molecule has 1 saturated carbocycles. The summed E-state index contributed by atoms with van der Waals surface area (Å²) in [5.41, 5.74) is 2.69. The van der Waals surface area contributed by atoms with Crippen LogP contribution in [-0.2, 0) is 33.8 Å². The van der Waals surface area contributed by atoms with E-state index < -0.39 is 5.41 Å². The van der Waals surface area contributed by atoms with Crippen LogP contribution in [0.25, 0.3) is 0 Å². The first kappa shape index (κ1) is 35.2. The number of halogens is 2. The Morgan fingerprint density at radius 1 is 0.978 bits per heavy atom. The summed E-state index contributed by atoms with van der Waals surface area (Å²) >= 11 is 6.13. The van der Waals surface area contributed by atoms with Gasteiger partial charge in [0.25, 0.3) is 0 Å². The Morgan fingerprint density at radius 3 is 2.27 bits per heavy atom. The monoisotopic (exact) mass is 656 g/mol. The lowest BCUT2D eigenvalue weighted by Gasteiger charge is -2.47. The molecule has 0 spiro atoms. The number of nitrogens with one attached hydrogen (secondary N) is 3. The van der Waals surface area contributed by atoms with Crippen molar-refractivity contribution in [2.45, 2.75) is 109 Å². The van der Waals surface area contributed by atoms with E-state index in [0.29, 0.717) is 56.3 Å². The number of rotatable bonds is 8. The molecule has 9 heteroatoms. The molecular weight excluding hydrogens is 607 g/mol. The van der Waals surface area contributed by atoms with Crippen LogP contribution in [0.4, 0.5) is 0 Å². The second-order valence-corrected chi connectivity index (χ2v) is 14.7. The predicted octanol–water partition coefficient (Wildman–Crippen LogP) is 6.00. The van der Waals surface area contributed by atoms with Gasteiger partial charge in [0.15, 0.2) is 0 Å². The Bertz CT molecular complexity index is 1310. The van der Waals surface area contributed by atoms with Crippen LogP contribution in [0.3, 0.4) is 0 Å². The van der Waals surface area contributed by atoms with E-state index in [1.807, 2.05) is 62.1 Å². The molecule has 1 aliphatic carbocycles. The third kappa shape index (κ3) is 9.02. The van der Waals surface area contributed by atoms with Crippen LogP contribution >= 0.6 is 24.0 Å². The Kier molecular flexibility index (Phi) is 12.0. The zero-order valence-electron chi connectivity index (χ0n) is 27.0. The van der Waals surface area contributed by atoms with Crippen molar-refractivity contribution in [1.29, 1.82) is 0 Å². The summed E-state index contributed by atoms with van der Waals surface area (Å²) in [6.45, 7) is 7.89. The van der Waals surface area contributed by atoms with Crippen LogP contribution in [0.5, 0.6) is 0 Å². The van der Waals surface area contributed by atoms with Crippen LogP contribution in [0.1, 0.15) is 88.8 Å². The lowest BCUT2D eigenvalue weighted by molar-refractivity contribution is -0.146. The highest BCUT2D eigenvalue weighted by atomic mass is 35.5. The standard InChI is InChI=1S/C36H49ClN4O3.ClH/c1-35(2,3)40-34(44)36(28-11-5-4-6-12-28)17-19-41(20-18-36)32(42)23-30(21-25-13-15-29(37)16-14-25)39-33(43)31-22-26-9-7-8-10-27(26)24-38-31;/h7-10,13-16,28,30-31,38H,4-6,11-12,17-24H2,1-3H3,(H,39,43)(H,40,44);1H/t30-,31+;/m0./s1. The summed E-state index contributed by atoms with van der Waals surface area (Å²) < 4.78 is 0. The van der Waals surface area contributed by atoms with Gasteiger partial charge in [-0.3, -0.25) is 14.4 Å². The highest BCUT2D eigenvalue weighted by Crippen LogP contribution is 2.46. The number of amides is 3. The van der Waals surface area contributed by atoms with E-state index >= 15 is 0 Å². The van der Waals surface area contributed by atoms with Gasteiger partial charge >= 0.3 is 0 Å². The molecule has 2 fully saturated rings. The quantitative estimate of drug-likeness (QED) is 0.325. The topological polar surface area (TPSA) is 90.5 Å². The Hall–Kier alpha value is -2.61. The zero-order chi connectivity index (χ0) is 31.3. The molecular formula is C36H50Cl2N4O3. The number of hydrogen-bond donors (Lipinski definition) is 3. The van der Waals surface area contributed by atoms with Crippen LogP contribution in [0, 0.1) is 11.3 Å². The second kappa shape index (κ2) is 15.3. The molecule has 2 aliphatic heterocycles.